The van der Waals surface area contributed by atoms with E-state index < -0.39 is 29.4 Å². The van der Waals surface area contributed by atoms with E-state index in [2.05, 4.69) is 10.6 Å². The third-order valence-corrected chi connectivity index (χ3v) is 5.49. The molecule has 0 bridgehead atoms. The van der Waals surface area contributed by atoms with Gasteiger partial charge < -0.3 is 25.4 Å². The maximum absolute atomic E-state index is 12.9. The number of pyridine rings is 1. The summed E-state index contributed by atoms with van der Waals surface area (Å²) in [4.78, 5) is 36.9. The number of carboxylic acids is 1. The topological polar surface area (TPSA) is 121 Å². The molecule has 3 rings (SSSR count). The summed E-state index contributed by atoms with van der Waals surface area (Å²) in [6.07, 6.45) is 1.80. The highest BCUT2D eigenvalue weighted by atomic mass is 35.5. The molecule has 33 heavy (non-hydrogen) atoms. The zero-order valence-electron chi connectivity index (χ0n) is 17.9. The summed E-state index contributed by atoms with van der Waals surface area (Å²) >= 11 is 6.17. The second-order valence-electron chi connectivity index (χ2n) is 7.45. The van der Waals surface area contributed by atoms with Gasteiger partial charge in [-0.05, 0) is 35.2 Å². The van der Waals surface area contributed by atoms with Gasteiger partial charge in [-0.3, -0.25) is 9.59 Å². The standard InChI is InChI=1S/C24H24ClN3O5/c1-2-15-6-5-8-16(12-15)19(13-21(30)31)26-24(33)27-22-20(29)10-11-28(23(22)32)14-17-7-3-4-9-18(17)25/h3-12,19,29H,2,13-14H2,1H3,(H,30,31)(H2,26,27,33)/t19-/m0/s1. The number of urea groups is 1. The Labute approximate surface area is 195 Å². The molecule has 0 spiro atoms. The molecule has 2 aromatic carbocycles. The van der Waals surface area contributed by atoms with Crippen LogP contribution in [-0.2, 0) is 17.8 Å². The minimum atomic E-state index is -1.09. The van der Waals surface area contributed by atoms with Crippen molar-refractivity contribution < 1.29 is 19.8 Å². The summed E-state index contributed by atoms with van der Waals surface area (Å²) in [6, 6.07) is 13.9. The van der Waals surface area contributed by atoms with Crippen molar-refractivity contribution >= 4 is 29.3 Å². The zero-order chi connectivity index (χ0) is 24.0. The molecule has 1 heterocycles. The minimum absolute atomic E-state index is 0.139. The highest BCUT2D eigenvalue weighted by Crippen LogP contribution is 2.22. The molecule has 0 fully saturated rings. The molecule has 0 aliphatic carbocycles. The molecule has 8 nitrogen and oxygen atoms in total. The lowest BCUT2D eigenvalue weighted by Crippen LogP contribution is -2.36. The number of nitrogens with zero attached hydrogens (tertiary/aromatic N) is 1. The third-order valence-electron chi connectivity index (χ3n) is 5.13. The average Bonchev–Trinajstić information content (AvgIpc) is 2.79. The van der Waals surface area contributed by atoms with Crippen molar-refractivity contribution in [2.45, 2.75) is 32.4 Å². The number of aliphatic carboxylic acids is 1. The number of aromatic hydroxyl groups is 1. The number of halogens is 1. The van der Waals surface area contributed by atoms with E-state index in [0.717, 1.165) is 12.0 Å². The van der Waals surface area contributed by atoms with Crippen LogP contribution in [0.25, 0.3) is 0 Å². The number of carbonyl (C=O) groups is 2. The fourth-order valence-corrected chi connectivity index (χ4v) is 3.58. The number of benzene rings is 2. The maximum Gasteiger partial charge on any atom is 0.319 e. The Kier molecular flexibility index (Phi) is 7.74. The van der Waals surface area contributed by atoms with E-state index in [1.165, 1.54) is 16.8 Å². The average molecular weight is 470 g/mol. The predicted octanol–water partition coefficient (Wildman–Crippen LogP) is 4.16. The van der Waals surface area contributed by atoms with Gasteiger partial charge in [-0.2, -0.15) is 0 Å². The highest BCUT2D eigenvalue weighted by molar-refractivity contribution is 6.31. The van der Waals surface area contributed by atoms with E-state index >= 15 is 0 Å². The largest absolute Gasteiger partial charge is 0.505 e. The van der Waals surface area contributed by atoms with Crippen LogP contribution in [0.4, 0.5) is 10.5 Å². The number of rotatable bonds is 8. The maximum atomic E-state index is 12.9. The fourth-order valence-electron chi connectivity index (χ4n) is 3.38. The molecule has 9 heteroatoms. The normalized spacial score (nSPS) is 11.6. The highest BCUT2D eigenvalue weighted by Gasteiger charge is 2.20. The molecule has 0 aliphatic rings. The van der Waals surface area contributed by atoms with Gasteiger partial charge in [0, 0.05) is 11.2 Å². The summed E-state index contributed by atoms with van der Waals surface area (Å²) in [7, 11) is 0. The number of carboxylic acid groups (broad SMARTS) is 1. The molecule has 2 amide bonds. The molecular formula is C24H24ClN3O5. The van der Waals surface area contributed by atoms with Gasteiger partial charge in [-0.1, -0.05) is 61.0 Å². The van der Waals surface area contributed by atoms with E-state index in [1.807, 2.05) is 19.1 Å². The van der Waals surface area contributed by atoms with Crippen molar-refractivity contribution in [2.75, 3.05) is 5.32 Å². The van der Waals surface area contributed by atoms with Gasteiger partial charge >= 0.3 is 12.0 Å². The Hall–Kier alpha value is -3.78. The smallest absolute Gasteiger partial charge is 0.319 e. The SMILES string of the molecule is CCc1cccc([C@H](CC(=O)O)NC(=O)Nc2c(O)ccn(Cc3ccccc3Cl)c2=O)c1. The van der Waals surface area contributed by atoms with E-state index in [0.29, 0.717) is 16.1 Å². The van der Waals surface area contributed by atoms with Gasteiger partial charge in [0.2, 0.25) is 0 Å². The first-order valence-corrected chi connectivity index (χ1v) is 10.7. The van der Waals surface area contributed by atoms with Crippen molar-refractivity contribution in [1.29, 1.82) is 0 Å². The second kappa shape index (κ2) is 10.7. The Bertz CT molecular complexity index is 1220. The lowest BCUT2D eigenvalue weighted by atomic mass is 10.0. The van der Waals surface area contributed by atoms with Crippen molar-refractivity contribution in [2.24, 2.45) is 0 Å². The minimum Gasteiger partial charge on any atom is -0.505 e. The summed E-state index contributed by atoms with van der Waals surface area (Å²) < 4.78 is 1.30. The lowest BCUT2D eigenvalue weighted by Gasteiger charge is -2.19. The van der Waals surface area contributed by atoms with Crippen molar-refractivity contribution in [3.8, 4) is 5.75 Å². The van der Waals surface area contributed by atoms with Gasteiger partial charge in [0.15, 0.2) is 5.69 Å². The molecule has 1 aromatic heterocycles. The van der Waals surface area contributed by atoms with Crippen LogP contribution in [-0.4, -0.2) is 26.8 Å². The van der Waals surface area contributed by atoms with Gasteiger partial charge in [0.1, 0.15) is 5.75 Å². The van der Waals surface area contributed by atoms with Crippen molar-refractivity contribution in [1.82, 2.24) is 9.88 Å². The van der Waals surface area contributed by atoms with Gasteiger partial charge in [0.25, 0.3) is 5.56 Å². The molecule has 0 aliphatic heterocycles. The van der Waals surface area contributed by atoms with Gasteiger partial charge in [-0.25, -0.2) is 4.79 Å². The number of amides is 2. The molecule has 4 N–H and O–H groups in total. The third kappa shape index (κ3) is 6.14. The fraction of sp³-hybridized carbons (Fsp3) is 0.208. The number of hydrogen-bond acceptors (Lipinski definition) is 4. The van der Waals surface area contributed by atoms with Crippen LogP contribution in [0.2, 0.25) is 5.02 Å². The van der Waals surface area contributed by atoms with Crippen molar-refractivity contribution in [3.05, 3.63) is 92.9 Å². The van der Waals surface area contributed by atoms with Crippen molar-refractivity contribution in [3.63, 3.8) is 0 Å². The number of aromatic nitrogens is 1. The van der Waals surface area contributed by atoms with Gasteiger partial charge in [0.05, 0.1) is 19.0 Å². The Morgan fingerprint density at radius 2 is 1.88 bits per heavy atom. The lowest BCUT2D eigenvalue weighted by molar-refractivity contribution is -0.137. The van der Waals surface area contributed by atoms with Crippen LogP contribution in [0.3, 0.4) is 0 Å². The Balaban J connectivity index is 1.82. The quantitative estimate of drug-likeness (QED) is 0.395. The molecule has 0 radical (unpaired) electrons. The molecule has 0 saturated carbocycles. The molecular weight excluding hydrogens is 446 g/mol. The van der Waals surface area contributed by atoms with E-state index in [-0.39, 0.29) is 18.7 Å². The first kappa shape index (κ1) is 23.9. The summed E-state index contributed by atoms with van der Waals surface area (Å²) in [5.41, 5.74) is 1.36. The van der Waals surface area contributed by atoms with Crippen LogP contribution in [0.5, 0.6) is 5.75 Å². The number of hydrogen-bond donors (Lipinski definition) is 4. The number of anilines is 1. The molecule has 3 aromatic rings. The van der Waals surface area contributed by atoms with E-state index in [9.17, 15) is 24.6 Å². The second-order valence-corrected chi connectivity index (χ2v) is 7.86. The number of aryl methyl sites for hydroxylation is 1. The number of nitrogens with one attached hydrogen (secondary N) is 2. The number of carbonyl (C=O) groups excluding carboxylic acids is 1. The van der Waals surface area contributed by atoms with E-state index in [1.54, 1.807) is 36.4 Å². The summed E-state index contributed by atoms with van der Waals surface area (Å²) in [5.74, 6) is -1.50. The summed E-state index contributed by atoms with van der Waals surface area (Å²) in [6.45, 7) is 2.11. The zero-order valence-corrected chi connectivity index (χ0v) is 18.7. The van der Waals surface area contributed by atoms with Crippen LogP contribution >= 0.6 is 11.6 Å². The first-order valence-electron chi connectivity index (χ1n) is 10.3. The molecule has 1 atom stereocenters. The predicted molar refractivity (Wildman–Crippen MR) is 126 cm³/mol. The summed E-state index contributed by atoms with van der Waals surface area (Å²) in [5, 5.41) is 24.9. The Morgan fingerprint density at radius 3 is 2.58 bits per heavy atom. The Morgan fingerprint density at radius 1 is 1.12 bits per heavy atom. The van der Waals surface area contributed by atoms with E-state index in [4.69, 9.17) is 11.6 Å². The van der Waals surface area contributed by atoms with Crippen LogP contribution in [0, 0.1) is 0 Å². The van der Waals surface area contributed by atoms with Crippen LogP contribution in [0.1, 0.15) is 36.1 Å². The van der Waals surface area contributed by atoms with Crippen LogP contribution in [0.15, 0.2) is 65.6 Å². The molecule has 172 valence electrons. The molecule has 0 unspecified atom stereocenters. The van der Waals surface area contributed by atoms with Crippen LogP contribution < -0.4 is 16.2 Å². The monoisotopic (exact) mass is 469 g/mol. The first-order chi connectivity index (χ1) is 15.8. The van der Waals surface area contributed by atoms with Gasteiger partial charge in [-0.15, -0.1) is 0 Å². The molecule has 0 saturated heterocycles.